The molecule has 0 fully saturated rings. The molecule has 0 aliphatic carbocycles. The van der Waals surface area contributed by atoms with E-state index in [-0.39, 0.29) is 12.2 Å². The molecule has 1 rings (SSSR count). The van der Waals surface area contributed by atoms with Gasteiger partial charge >= 0.3 is 0 Å². The summed E-state index contributed by atoms with van der Waals surface area (Å²) in [4.78, 5) is 0. The summed E-state index contributed by atoms with van der Waals surface area (Å²) in [7, 11) is 0. The Bertz CT molecular complexity index is 617. The van der Waals surface area contributed by atoms with Gasteiger partial charge in [0.2, 0.25) is 0 Å². The lowest BCUT2D eigenvalue weighted by molar-refractivity contribution is 0.0475. The molecule has 0 saturated carbocycles. The van der Waals surface area contributed by atoms with Gasteiger partial charge in [-0.3, -0.25) is 0 Å². The zero-order valence-corrected chi connectivity index (χ0v) is 30.6. The molecule has 0 spiro atoms. The Morgan fingerprint density at radius 1 is 0.395 bits per heavy atom. The molecule has 1 heterocycles. The third-order valence-corrected chi connectivity index (χ3v) is 10.1. The lowest BCUT2D eigenvalue weighted by Gasteiger charge is -2.18. The van der Waals surface area contributed by atoms with Crippen LogP contribution in [0.3, 0.4) is 0 Å². The van der Waals surface area contributed by atoms with Gasteiger partial charge in [-0.25, -0.2) is 0 Å². The molecule has 1 aromatic rings. The van der Waals surface area contributed by atoms with Crippen molar-refractivity contribution in [3.63, 3.8) is 0 Å². The molecule has 43 heavy (non-hydrogen) atoms. The molecule has 0 aliphatic heterocycles. The van der Waals surface area contributed by atoms with Gasteiger partial charge in [-0.15, -0.1) is 0 Å². The van der Waals surface area contributed by atoms with E-state index in [0.29, 0.717) is 0 Å². The number of hydrogen-bond donors (Lipinski definition) is 0. The maximum atomic E-state index is 6.27. The van der Waals surface area contributed by atoms with Gasteiger partial charge < -0.3 is 9.47 Å². The van der Waals surface area contributed by atoms with Gasteiger partial charge in [-0.2, -0.15) is 11.3 Å². The first-order valence-electron chi connectivity index (χ1n) is 19.5. The van der Waals surface area contributed by atoms with Crippen molar-refractivity contribution in [2.45, 2.75) is 220 Å². The van der Waals surface area contributed by atoms with Crippen LogP contribution < -0.4 is 0 Å². The van der Waals surface area contributed by atoms with Crippen LogP contribution in [0.4, 0.5) is 0 Å². The molecule has 0 N–H and O–H groups in total. The van der Waals surface area contributed by atoms with Crippen LogP contribution in [-0.2, 0) is 9.47 Å². The van der Waals surface area contributed by atoms with E-state index in [4.69, 9.17) is 9.47 Å². The third-order valence-electron chi connectivity index (χ3n) is 9.33. The van der Waals surface area contributed by atoms with Crippen LogP contribution in [0.25, 0.3) is 0 Å². The summed E-state index contributed by atoms with van der Waals surface area (Å²) in [6.45, 7) is 10.8. The highest BCUT2D eigenvalue weighted by Gasteiger charge is 2.17. The van der Waals surface area contributed by atoms with E-state index >= 15 is 0 Å². The van der Waals surface area contributed by atoms with E-state index in [1.165, 1.54) is 191 Å². The SMILES string of the molecule is CCCCCCCCCCCCCCCCOC(C)c1cscc1C(C)OCCCCCCCCCCCCCCCC. The number of rotatable bonds is 34. The van der Waals surface area contributed by atoms with Crippen LogP contribution in [-0.4, -0.2) is 13.2 Å². The molecule has 3 heteroatoms. The first-order valence-corrected chi connectivity index (χ1v) is 20.4. The van der Waals surface area contributed by atoms with Gasteiger partial charge in [0.1, 0.15) is 0 Å². The number of ether oxygens (including phenoxy) is 2. The fourth-order valence-electron chi connectivity index (χ4n) is 6.27. The quantitative estimate of drug-likeness (QED) is 0.0714. The van der Waals surface area contributed by atoms with Crippen molar-refractivity contribution < 1.29 is 9.47 Å². The maximum Gasteiger partial charge on any atom is 0.0808 e. The maximum absolute atomic E-state index is 6.27. The van der Waals surface area contributed by atoms with E-state index in [1.807, 2.05) is 0 Å². The second kappa shape index (κ2) is 31.6. The summed E-state index contributed by atoms with van der Waals surface area (Å²) in [6.07, 6.45) is 39.5. The summed E-state index contributed by atoms with van der Waals surface area (Å²) < 4.78 is 12.5. The van der Waals surface area contributed by atoms with E-state index in [1.54, 1.807) is 11.3 Å². The van der Waals surface area contributed by atoms with Crippen molar-refractivity contribution in [1.29, 1.82) is 0 Å². The molecular weight excluding hydrogens is 545 g/mol. The van der Waals surface area contributed by atoms with Gasteiger partial charge in [0.25, 0.3) is 0 Å². The van der Waals surface area contributed by atoms with Crippen molar-refractivity contribution in [3.05, 3.63) is 21.9 Å². The van der Waals surface area contributed by atoms with Crippen molar-refractivity contribution in [1.82, 2.24) is 0 Å². The molecule has 2 unspecified atom stereocenters. The smallest absolute Gasteiger partial charge is 0.0808 e. The molecule has 254 valence electrons. The highest BCUT2D eigenvalue weighted by molar-refractivity contribution is 7.08. The zero-order valence-electron chi connectivity index (χ0n) is 29.7. The topological polar surface area (TPSA) is 18.5 Å². The zero-order chi connectivity index (χ0) is 31.1. The van der Waals surface area contributed by atoms with Crippen LogP contribution >= 0.6 is 11.3 Å². The molecule has 0 aliphatic rings. The van der Waals surface area contributed by atoms with Gasteiger partial charge in [-0.05, 0) is 48.6 Å². The Morgan fingerprint density at radius 2 is 0.628 bits per heavy atom. The molecule has 0 radical (unpaired) electrons. The van der Waals surface area contributed by atoms with Crippen molar-refractivity contribution in [2.24, 2.45) is 0 Å². The summed E-state index contributed by atoms with van der Waals surface area (Å²) in [5.41, 5.74) is 2.67. The molecule has 2 atom stereocenters. The average Bonchev–Trinajstić information content (AvgIpc) is 3.51. The first-order chi connectivity index (χ1) is 21.2. The fourth-order valence-corrected chi connectivity index (χ4v) is 7.29. The Kier molecular flexibility index (Phi) is 29.9. The molecule has 0 bridgehead atoms. The van der Waals surface area contributed by atoms with Crippen molar-refractivity contribution >= 4 is 11.3 Å². The Labute approximate surface area is 274 Å². The molecule has 0 amide bonds. The predicted molar refractivity (Wildman–Crippen MR) is 194 cm³/mol. The van der Waals surface area contributed by atoms with Crippen LogP contribution in [0.15, 0.2) is 10.8 Å². The Balaban J connectivity index is 1.96. The van der Waals surface area contributed by atoms with Crippen LogP contribution in [0.2, 0.25) is 0 Å². The van der Waals surface area contributed by atoms with E-state index in [2.05, 4.69) is 38.5 Å². The fraction of sp³-hybridized carbons (Fsp3) is 0.900. The van der Waals surface area contributed by atoms with E-state index in [0.717, 1.165) is 13.2 Å². The second-order valence-electron chi connectivity index (χ2n) is 13.5. The molecule has 2 nitrogen and oxygen atoms in total. The van der Waals surface area contributed by atoms with Gasteiger partial charge in [-0.1, -0.05) is 181 Å². The second-order valence-corrected chi connectivity index (χ2v) is 14.2. The molecule has 1 aromatic heterocycles. The lowest BCUT2D eigenvalue weighted by Crippen LogP contribution is -2.07. The van der Waals surface area contributed by atoms with E-state index in [9.17, 15) is 0 Å². The third kappa shape index (κ3) is 24.5. The van der Waals surface area contributed by atoms with Crippen LogP contribution in [0.1, 0.15) is 231 Å². The predicted octanol–water partition coefficient (Wildman–Crippen LogP) is 14.9. The van der Waals surface area contributed by atoms with E-state index < -0.39 is 0 Å². The largest absolute Gasteiger partial charge is 0.374 e. The Morgan fingerprint density at radius 3 is 0.884 bits per heavy atom. The number of thiophene rings is 1. The summed E-state index contributed by atoms with van der Waals surface area (Å²) in [5, 5.41) is 4.55. The lowest BCUT2D eigenvalue weighted by atomic mass is 10.0. The van der Waals surface area contributed by atoms with Crippen molar-refractivity contribution in [2.75, 3.05) is 13.2 Å². The summed E-state index contributed by atoms with van der Waals surface area (Å²) in [5.74, 6) is 0. The first kappa shape index (κ1) is 40.6. The standard InChI is InChI=1S/C40H76O2S/c1-5-7-9-11-13-15-17-19-21-23-25-27-29-31-33-41-37(3)39-35-43-36-40(39)38(4)42-34-32-30-28-26-24-22-20-18-16-14-12-10-8-6-2/h35-38H,5-34H2,1-4H3. The summed E-state index contributed by atoms with van der Waals surface area (Å²) in [6, 6.07) is 0. The molecule has 0 aromatic carbocycles. The van der Waals surface area contributed by atoms with Crippen LogP contribution in [0.5, 0.6) is 0 Å². The molecule has 0 saturated heterocycles. The van der Waals surface area contributed by atoms with Gasteiger partial charge in [0, 0.05) is 13.2 Å². The highest BCUT2D eigenvalue weighted by Crippen LogP contribution is 2.31. The molecular formula is C40H76O2S. The monoisotopic (exact) mass is 621 g/mol. The minimum absolute atomic E-state index is 0.162. The highest BCUT2D eigenvalue weighted by atomic mass is 32.1. The Hall–Kier alpha value is -0.380. The number of unbranched alkanes of at least 4 members (excludes halogenated alkanes) is 26. The van der Waals surface area contributed by atoms with Crippen molar-refractivity contribution in [3.8, 4) is 0 Å². The minimum Gasteiger partial charge on any atom is -0.374 e. The minimum atomic E-state index is 0.162. The number of hydrogen-bond acceptors (Lipinski definition) is 3. The van der Waals surface area contributed by atoms with Gasteiger partial charge in [0.15, 0.2) is 0 Å². The average molecular weight is 621 g/mol. The summed E-state index contributed by atoms with van der Waals surface area (Å²) >= 11 is 1.79. The van der Waals surface area contributed by atoms with Crippen LogP contribution in [0, 0.1) is 0 Å². The normalized spacial score (nSPS) is 13.1. The van der Waals surface area contributed by atoms with Gasteiger partial charge in [0.05, 0.1) is 12.2 Å².